The van der Waals surface area contributed by atoms with Gasteiger partial charge >= 0.3 is 0 Å². The third kappa shape index (κ3) is 4.91. The highest BCUT2D eigenvalue weighted by molar-refractivity contribution is 5.59. The molecular formula is C16H25NO. The molecule has 0 aliphatic carbocycles. The summed E-state index contributed by atoms with van der Waals surface area (Å²) in [5.41, 5.74) is 1.21. The van der Waals surface area contributed by atoms with Gasteiger partial charge < -0.3 is 4.84 Å². The molecule has 1 atom stereocenters. The van der Waals surface area contributed by atoms with Crippen LogP contribution in [0.1, 0.15) is 58.1 Å². The number of rotatable bonds is 8. The molecule has 0 saturated heterocycles. The average Bonchev–Trinajstić information content (AvgIpc) is 2.43. The van der Waals surface area contributed by atoms with Gasteiger partial charge in [-0.1, -0.05) is 62.7 Å². The van der Waals surface area contributed by atoms with Crippen LogP contribution >= 0.6 is 0 Å². The van der Waals surface area contributed by atoms with Crippen LogP contribution in [-0.4, -0.2) is 6.21 Å². The predicted octanol–water partition coefficient (Wildman–Crippen LogP) is 4.97. The minimum absolute atomic E-state index is 0.0850. The summed E-state index contributed by atoms with van der Waals surface area (Å²) in [5, 5.41) is 4.18. The molecule has 0 aliphatic heterocycles. The Balaban J connectivity index is 2.59. The summed E-state index contributed by atoms with van der Waals surface area (Å²) in [5.74, 6) is 0.531. The summed E-state index contributed by atoms with van der Waals surface area (Å²) in [7, 11) is 0. The molecule has 18 heavy (non-hydrogen) atoms. The van der Waals surface area contributed by atoms with E-state index in [0.717, 1.165) is 25.7 Å². The maximum absolute atomic E-state index is 5.67. The van der Waals surface area contributed by atoms with E-state index in [1.165, 1.54) is 5.56 Å². The lowest BCUT2D eigenvalue weighted by atomic mass is 10.1. The summed E-state index contributed by atoms with van der Waals surface area (Å²) >= 11 is 0. The summed E-state index contributed by atoms with van der Waals surface area (Å²) < 4.78 is 0. The zero-order valence-electron chi connectivity index (χ0n) is 11.8. The lowest BCUT2D eigenvalue weighted by Crippen LogP contribution is -2.03. The van der Waals surface area contributed by atoms with Crippen molar-refractivity contribution in [3.05, 3.63) is 35.9 Å². The highest BCUT2D eigenvalue weighted by atomic mass is 16.6. The maximum atomic E-state index is 5.67. The van der Waals surface area contributed by atoms with Crippen molar-refractivity contribution in [3.8, 4) is 0 Å². The van der Waals surface area contributed by atoms with Gasteiger partial charge in [0.15, 0.2) is 6.10 Å². The number of oxime groups is 1. The molecule has 0 bridgehead atoms. The lowest BCUT2D eigenvalue weighted by molar-refractivity contribution is 0.0517. The Labute approximate surface area is 111 Å². The Morgan fingerprint density at radius 3 is 2.33 bits per heavy atom. The summed E-state index contributed by atoms with van der Waals surface area (Å²) in [4.78, 5) is 5.67. The average molecular weight is 247 g/mol. The van der Waals surface area contributed by atoms with E-state index in [1.54, 1.807) is 0 Å². The standard InChI is InChI=1S/C16H25NO/c1-4-10-16(15-11-8-7-9-12-15)18-17-13-14(5-2)6-3/h7-9,11-14,16H,4-6,10H2,1-3H3/b17-13+/t16-/m1/s1. The van der Waals surface area contributed by atoms with E-state index in [-0.39, 0.29) is 6.10 Å². The molecule has 0 aliphatic rings. The van der Waals surface area contributed by atoms with E-state index in [4.69, 9.17) is 4.84 Å². The van der Waals surface area contributed by atoms with E-state index >= 15 is 0 Å². The van der Waals surface area contributed by atoms with Gasteiger partial charge in [0.2, 0.25) is 0 Å². The van der Waals surface area contributed by atoms with Crippen LogP contribution < -0.4 is 0 Å². The fourth-order valence-corrected chi connectivity index (χ4v) is 1.90. The summed E-state index contributed by atoms with van der Waals surface area (Å²) in [6.45, 7) is 6.53. The molecule has 0 saturated carbocycles. The third-order valence-electron chi connectivity index (χ3n) is 3.23. The monoisotopic (exact) mass is 247 g/mol. The topological polar surface area (TPSA) is 21.6 Å². The maximum Gasteiger partial charge on any atom is 0.152 e. The van der Waals surface area contributed by atoms with Crippen molar-refractivity contribution >= 4 is 6.21 Å². The van der Waals surface area contributed by atoms with Gasteiger partial charge in [0, 0.05) is 6.21 Å². The van der Waals surface area contributed by atoms with Gasteiger partial charge in [-0.2, -0.15) is 0 Å². The Morgan fingerprint density at radius 1 is 1.11 bits per heavy atom. The Hall–Kier alpha value is -1.31. The van der Waals surface area contributed by atoms with Crippen LogP contribution in [0.5, 0.6) is 0 Å². The number of hydrogen-bond acceptors (Lipinski definition) is 2. The molecule has 0 unspecified atom stereocenters. The van der Waals surface area contributed by atoms with Crippen molar-refractivity contribution < 1.29 is 4.84 Å². The van der Waals surface area contributed by atoms with Crippen LogP contribution in [0.3, 0.4) is 0 Å². The van der Waals surface area contributed by atoms with Gasteiger partial charge in [0.25, 0.3) is 0 Å². The van der Waals surface area contributed by atoms with Crippen molar-refractivity contribution in [2.45, 2.75) is 52.6 Å². The van der Waals surface area contributed by atoms with Crippen LogP contribution in [0.15, 0.2) is 35.5 Å². The van der Waals surface area contributed by atoms with Crippen molar-refractivity contribution in [2.75, 3.05) is 0 Å². The molecule has 1 rings (SSSR count). The summed E-state index contributed by atoms with van der Waals surface area (Å²) in [6, 6.07) is 10.3. The zero-order valence-corrected chi connectivity index (χ0v) is 11.8. The van der Waals surface area contributed by atoms with Crippen LogP contribution in [0.2, 0.25) is 0 Å². The first-order valence-corrected chi connectivity index (χ1v) is 7.06. The smallest absolute Gasteiger partial charge is 0.152 e. The molecule has 0 heterocycles. The van der Waals surface area contributed by atoms with Gasteiger partial charge in [0.1, 0.15) is 0 Å². The molecule has 0 radical (unpaired) electrons. The second kappa shape index (κ2) is 8.73. The molecule has 0 fully saturated rings. The minimum atomic E-state index is 0.0850. The van der Waals surface area contributed by atoms with Crippen LogP contribution in [-0.2, 0) is 4.84 Å². The highest BCUT2D eigenvalue weighted by Crippen LogP contribution is 2.22. The lowest BCUT2D eigenvalue weighted by Gasteiger charge is -2.15. The highest BCUT2D eigenvalue weighted by Gasteiger charge is 2.11. The third-order valence-corrected chi connectivity index (χ3v) is 3.23. The molecule has 2 nitrogen and oxygen atoms in total. The van der Waals surface area contributed by atoms with E-state index < -0.39 is 0 Å². The van der Waals surface area contributed by atoms with Gasteiger partial charge in [0.05, 0.1) is 0 Å². The van der Waals surface area contributed by atoms with E-state index in [0.29, 0.717) is 5.92 Å². The minimum Gasteiger partial charge on any atom is -0.388 e. The molecule has 0 spiro atoms. The summed E-state index contributed by atoms with van der Waals surface area (Å²) in [6.07, 6.45) is 6.37. The van der Waals surface area contributed by atoms with Crippen molar-refractivity contribution in [3.63, 3.8) is 0 Å². The molecule has 2 heteroatoms. The van der Waals surface area contributed by atoms with Crippen molar-refractivity contribution in [1.82, 2.24) is 0 Å². The van der Waals surface area contributed by atoms with E-state index in [2.05, 4.69) is 38.1 Å². The van der Waals surface area contributed by atoms with Gasteiger partial charge in [-0.25, -0.2) is 0 Å². The van der Waals surface area contributed by atoms with E-state index in [1.807, 2.05) is 24.4 Å². The first-order valence-electron chi connectivity index (χ1n) is 7.06. The van der Waals surface area contributed by atoms with Gasteiger partial charge in [-0.15, -0.1) is 0 Å². The second-order valence-electron chi connectivity index (χ2n) is 4.62. The molecular weight excluding hydrogens is 222 g/mol. The fraction of sp³-hybridized carbons (Fsp3) is 0.562. The normalized spacial score (nSPS) is 13.1. The van der Waals surface area contributed by atoms with Crippen LogP contribution in [0, 0.1) is 5.92 Å². The Kier molecular flexibility index (Phi) is 7.16. The fourth-order valence-electron chi connectivity index (χ4n) is 1.90. The largest absolute Gasteiger partial charge is 0.388 e. The second-order valence-corrected chi connectivity index (χ2v) is 4.62. The van der Waals surface area contributed by atoms with Crippen molar-refractivity contribution in [2.24, 2.45) is 11.1 Å². The number of benzene rings is 1. The van der Waals surface area contributed by atoms with Gasteiger partial charge in [-0.05, 0) is 30.7 Å². The zero-order chi connectivity index (χ0) is 13.2. The molecule has 1 aromatic rings. The number of hydrogen-bond donors (Lipinski definition) is 0. The first kappa shape index (κ1) is 14.7. The van der Waals surface area contributed by atoms with Gasteiger partial charge in [-0.3, -0.25) is 0 Å². The van der Waals surface area contributed by atoms with Crippen LogP contribution in [0.25, 0.3) is 0 Å². The molecule has 1 aromatic carbocycles. The predicted molar refractivity (Wildman–Crippen MR) is 77.7 cm³/mol. The molecule has 0 N–H and O–H groups in total. The first-order chi connectivity index (χ1) is 8.81. The Bertz CT molecular complexity index is 330. The van der Waals surface area contributed by atoms with Crippen molar-refractivity contribution in [1.29, 1.82) is 0 Å². The number of nitrogens with zero attached hydrogens (tertiary/aromatic N) is 1. The molecule has 0 aromatic heterocycles. The molecule has 100 valence electrons. The van der Waals surface area contributed by atoms with Crippen LogP contribution in [0.4, 0.5) is 0 Å². The quantitative estimate of drug-likeness (QED) is 0.469. The SMILES string of the molecule is CCC[C@@H](O/N=C/C(CC)CC)c1ccccc1. The van der Waals surface area contributed by atoms with E-state index in [9.17, 15) is 0 Å². The molecule has 0 amide bonds. The Morgan fingerprint density at radius 2 is 1.78 bits per heavy atom.